The van der Waals surface area contributed by atoms with E-state index < -0.39 is 12.4 Å². The second-order valence-corrected chi connectivity index (χ2v) is 6.41. The summed E-state index contributed by atoms with van der Waals surface area (Å²) in [6, 6.07) is 4.31. The number of benzene rings is 1. The number of carbonyl (C=O) groups is 1. The van der Waals surface area contributed by atoms with Crippen LogP contribution in [0.3, 0.4) is 0 Å². The fraction of sp³-hybridized carbons (Fsp3) is 0.389. The molecular formula is C18H20F3N5O2. The van der Waals surface area contributed by atoms with E-state index in [1.165, 1.54) is 12.1 Å². The maximum absolute atomic E-state index is 12.2. The van der Waals surface area contributed by atoms with Gasteiger partial charge in [-0.3, -0.25) is 0 Å². The summed E-state index contributed by atoms with van der Waals surface area (Å²) in [5.74, 6) is 0.287. The number of rotatable bonds is 4. The molecule has 28 heavy (non-hydrogen) atoms. The van der Waals surface area contributed by atoms with Gasteiger partial charge in [-0.15, -0.1) is 13.2 Å². The Kier molecular flexibility index (Phi) is 5.57. The fourth-order valence-electron chi connectivity index (χ4n) is 2.95. The van der Waals surface area contributed by atoms with Crippen molar-refractivity contribution >= 4 is 23.4 Å². The lowest BCUT2D eigenvalue weighted by Crippen LogP contribution is -2.24. The highest BCUT2D eigenvalue weighted by atomic mass is 19.4. The number of aromatic nitrogens is 2. The molecule has 1 fully saturated rings. The second kappa shape index (κ2) is 7.91. The van der Waals surface area contributed by atoms with Gasteiger partial charge in [0.2, 0.25) is 5.95 Å². The van der Waals surface area contributed by atoms with Gasteiger partial charge in [0, 0.05) is 18.8 Å². The molecule has 2 aromatic rings. The van der Waals surface area contributed by atoms with Crippen molar-refractivity contribution in [2.75, 3.05) is 28.6 Å². The summed E-state index contributed by atoms with van der Waals surface area (Å²) < 4.78 is 40.3. The monoisotopic (exact) mass is 395 g/mol. The number of carbonyl (C=O) groups excluding carboxylic acids is 1. The first-order valence-corrected chi connectivity index (χ1v) is 8.75. The van der Waals surface area contributed by atoms with Gasteiger partial charge in [0.25, 0.3) is 0 Å². The molecule has 1 aromatic carbocycles. The third-order valence-corrected chi connectivity index (χ3v) is 4.23. The van der Waals surface area contributed by atoms with Crippen LogP contribution in [0.4, 0.5) is 35.3 Å². The van der Waals surface area contributed by atoms with Crippen LogP contribution in [0, 0.1) is 13.8 Å². The molecule has 1 saturated heterocycles. The molecule has 0 spiro atoms. The van der Waals surface area contributed by atoms with E-state index in [9.17, 15) is 18.0 Å². The van der Waals surface area contributed by atoms with E-state index in [2.05, 4.69) is 30.2 Å². The molecule has 1 aliphatic heterocycles. The molecule has 0 atom stereocenters. The van der Waals surface area contributed by atoms with Gasteiger partial charge >= 0.3 is 12.4 Å². The molecule has 150 valence electrons. The van der Waals surface area contributed by atoms with Crippen molar-refractivity contribution < 1.29 is 22.7 Å². The molecule has 0 bridgehead atoms. The van der Waals surface area contributed by atoms with Crippen molar-refractivity contribution in [2.24, 2.45) is 0 Å². The number of aryl methyl sites for hydroxylation is 2. The molecule has 0 radical (unpaired) electrons. The smallest absolute Gasteiger partial charge is 0.406 e. The van der Waals surface area contributed by atoms with E-state index in [4.69, 9.17) is 0 Å². The van der Waals surface area contributed by atoms with E-state index in [0.717, 1.165) is 38.1 Å². The van der Waals surface area contributed by atoms with Crippen molar-refractivity contribution in [3.63, 3.8) is 0 Å². The van der Waals surface area contributed by atoms with Gasteiger partial charge in [0.05, 0.1) is 17.1 Å². The molecule has 0 unspecified atom stereocenters. The summed E-state index contributed by atoms with van der Waals surface area (Å²) in [5.41, 5.74) is 2.09. The van der Waals surface area contributed by atoms with Gasteiger partial charge in [0.15, 0.2) is 0 Å². The Labute approximate surface area is 159 Å². The number of anilines is 3. The zero-order valence-corrected chi connectivity index (χ0v) is 15.4. The molecule has 2 N–H and O–H groups in total. The average molecular weight is 395 g/mol. The van der Waals surface area contributed by atoms with E-state index in [1.54, 1.807) is 13.8 Å². The highest BCUT2D eigenvalue weighted by Gasteiger charge is 2.31. The van der Waals surface area contributed by atoms with Gasteiger partial charge < -0.3 is 20.3 Å². The first-order chi connectivity index (χ1) is 13.2. The normalized spacial score (nSPS) is 14.1. The molecule has 1 aromatic heterocycles. The third-order valence-electron chi connectivity index (χ3n) is 4.23. The van der Waals surface area contributed by atoms with Crippen LogP contribution in [0.5, 0.6) is 5.75 Å². The van der Waals surface area contributed by atoms with Crippen LogP contribution in [0.1, 0.15) is 24.2 Å². The van der Waals surface area contributed by atoms with E-state index in [0.29, 0.717) is 28.7 Å². The average Bonchev–Trinajstić information content (AvgIpc) is 3.13. The summed E-state index contributed by atoms with van der Waals surface area (Å²) in [6.45, 7) is 5.40. The Balaban J connectivity index is 1.64. The molecule has 0 aliphatic carbocycles. The first kappa shape index (κ1) is 19.7. The zero-order chi connectivity index (χ0) is 20.3. The van der Waals surface area contributed by atoms with Gasteiger partial charge in [-0.25, -0.2) is 14.8 Å². The summed E-state index contributed by atoms with van der Waals surface area (Å²) in [5, 5.41) is 5.24. The van der Waals surface area contributed by atoms with Crippen LogP contribution in [0.25, 0.3) is 0 Å². The topological polar surface area (TPSA) is 79.4 Å². The Hall–Kier alpha value is -3.04. The molecule has 1 aliphatic rings. The minimum Gasteiger partial charge on any atom is -0.406 e. The number of urea groups is 1. The Morgan fingerprint density at radius 2 is 1.61 bits per heavy atom. The number of hydrogen-bond acceptors (Lipinski definition) is 5. The SMILES string of the molecule is Cc1nc(N2CCCC2)nc(C)c1NC(=O)Nc1ccc(OC(F)(F)F)cc1. The largest absolute Gasteiger partial charge is 0.573 e. The number of halogens is 3. The molecule has 7 nitrogen and oxygen atoms in total. The lowest BCUT2D eigenvalue weighted by Gasteiger charge is -2.18. The van der Waals surface area contributed by atoms with Gasteiger partial charge in [0.1, 0.15) is 5.75 Å². The summed E-state index contributed by atoms with van der Waals surface area (Å²) >= 11 is 0. The van der Waals surface area contributed by atoms with E-state index in [-0.39, 0.29) is 5.75 Å². The number of nitrogens with one attached hydrogen (secondary N) is 2. The highest BCUT2D eigenvalue weighted by molar-refractivity contribution is 6.00. The maximum atomic E-state index is 12.2. The number of alkyl halides is 3. The standard InChI is InChI=1S/C18H20F3N5O2/c1-11-15(12(2)23-16(22-11)26-9-3-4-10-26)25-17(27)24-13-5-7-14(8-6-13)28-18(19,20)21/h5-8H,3-4,9-10H2,1-2H3,(H2,24,25,27). The number of amides is 2. The van der Waals surface area contributed by atoms with Crippen molar-refractivity contribution in [3.8, 4) is 5.75 Å². The minimum atomic E-state index is -4.76. The molecule has 10 heteroatoms. The molecule has 3 rings (SSSR count). The number of ether oxygens (including phenoxy) is 1. The van der Waals surface area contributed by atoms with Crippen molar-refractivity contribution in [3.05, 3.63) is 35.7 Å². The number of nitrogens with zero attached hydrogens (tertiary/aromatic N) is 3. The quantitative estimate of drug-likeness (QED) is 0.810. The zero-order valence-electron chi connectivity index (χ0n) is 15.4. The Morgan fingerprint density at radius 3 is 2.14 bits per heavy atom. The molecule has 0 saturated carbocycles. The van der Waals surface area contributed by atoms with Crippen LogP contribution in [0.2, 0.25) is 0 Å². The summed E-state index contributed by atoms with van der Waals surface area (Å²) in [6.07, 6.45) is -2.55. The molecular weight excluding hydrogens is 375 g/mol. The van der Waals surface area contributed by atoms with Gasteiger partial charge in [-0.05, 0) is 51.0 Å². The van der Waals surface area contributed by atoms with E-state index in [1.807, 2.05) is 0 Å². The van der Waals surface area contributed by atoms with Gasteiger partial charge in [-0.1, -0.05) is 0 Å². The summed E-state index contributed by atoms with van der Waals surface area (Å²) in [7, 11) is 0. The third kappa shape index (κ3) is 5.02. The number of hydrogen-bond donors (Lipinski definition) is 2. The second-order valence-electron chi connectivity index (χ2n) is 6.41. The lowest BCUT2D eigenvalue weighted by atomic mass is 10.3. The van der Waals surface area contributed by atoms with E-state index >= 15 is 0 Å². The van der Waals surface area contributed by atoms with Crippen LogP contribution < -0.4 is 20.3 Å². The fourth-order valence-corrected chi connectivity index (χ4v) is 2.95. The molecule has 2 heterocycles. The Morgan fingerprint density at radius 1 is 1.04 bits per heavy atom. The predicted molar refractivity (Wildman–Crippen MR) is 98.7 cm³/mol. The van der Waals surface area contributed by atoms with Gasteiger partial charge in [-0.2, -0.15) is 0 Å². The van der Waals surface area contributed by atoms with Crippen molar-refractivity contribution in [2.45, 2.75) is 33.1 Å². The minimum absolute atomic E-state index is 0.317. The molecule has 2 amide bonds. The van der Waals surface area contributed by atoms with Crippen molar-refractivity contribution in [1.29, 1.82) is 0 Å². The summed E-state index contributed by atoms with van der Waals surface area (Å²) in [4.78, 5) is 23.3. The van der Waals surface area contributed by atoms with Crippen LogP contribution in [0.15, 0.2) is 24.3 Å². The van der Waals surface area contributed by atoms with Crippen LogP contribution in [-0.2, 0) is 0 Å². The highest BCUT2D eigenvalue weighted by Crippen LogP contribution is 2.25. The van der Waals surface area contributed by atoms with Crippen LogP contribution in [-0.4, -0.2) is 35.5 Å². The van der Waals surface area contributed by atoms with Crippen LogP contribution >= 0.6 is 0 Å². The maximum Gasteiger partial charge on any atom is 0.573 e. The lowest BCUT2D eigenvalue weighted by molar-refractivity contribution is -0.274. The predicted octanol–water partition coefficient (Wildman–Crippen LogP) is 4.24. The van der Waals surface area contributed by atoms with Crippen molar-refractivity contribution in [1.82, 2.24) is 9.97 Å². The first-order valence-electron chi connectivity index (χ1n) is 8.75. The Bertz CT molecular complexity index is 826.